The van der Waals surface area contributed by atoms with Gasteiger partial charge in [0.2, 0.25) is 0 Å². The zero-order valence-corrected chi connectivity index (χ0v) is 10.5. The Labute approximate surface area is 109 Å². The van der Waals surface area contributed by atoms with Gasteiger partial charge in [-0.1, -0.05) is 12.7 Å². The number of hydrogen-bond donors (Lipinski definition) is 0. The molecular weight excluding hydrogens is 254 g/mol. The molecule has 0 atom stereocenters. The van der Waals surface area contributed by atoms with E-state index >= 15 is 0 Å². The maximum atomic E-state index is 11.5. The molecule has 1 aromatic carbocycles. The third kappa shape index (κ3) is 3.21. The monoisotopic (exact) mass is 267 g/mol. The molecule has 0 bridgehead atoms. The van der Waals surface area contributed by atoms with Crippen LogP contribution < -0.4 is 9.47 Å². The standard InChI is InChI=1S/C12H13NO6/c1-4-5-19-11-7-9(13(15)16)8(12(14)18-3)6-10(11)17-2/h4,6-7H,1,5H2,2-3H3. The van der Waals surface area contributed by atoms with Gasteiger partial charge < -0.3 is 14.2 Å². The molecule has 0 spiro atoms. The highest BCUT2D eigenvalue weighted by atomic mass is 16.6. The van der Waals surface area contributed by atoms with E-state index in [1.165, 1.54) is 19.3 Å². The van der Waals surface area contributed by atoms with Crippen LogP contribution in [0.5, 0.6) is 11.5 Å². The number of carbonyl (C=O) groups is 1. The molecule has 0 fully saturated rings. The van der Waals surface area contributed by atoms with Gasteiger partial charge in [-0.3, -0.25) is 10.1 Å². The van der Waals surface area contributed by atoms with Gasteiger partial charge >= 0.3 is 5.97 Å². The number of esters is 1. The molecule has 19 heavy (non-hydrogen) atoms. The van der Waals surface area contributed by atoms with Crippen LogP contribution in [-0.4, -0.2) is 31.7 Å². The van der Waals surface area contributed by atoms with Gasteiger partial charge in [0.15, 0.2) is 11.5 Å². The molecule has 0 saturated carbocycles. The summed E-state index contributed by atoms with van der Waals surface area (Å²) < 4.78 is 14.8. The SMILES string of the molecule is C=CCOc1cc([N+](=O)[O-])c(C(=O)OC)cc1OC. The predicted octanol–water partition coefficient (Wildman–Crippen LogP) is 1.95. The highest BCUT2D eigenvalue weighted by Gasteiger charge is 2.25. The summed E-state index contributed by atoms with van der Waals surface area (Å²) in [5.74, 6) is -0.463. The lowest BCUT2D eigenvalue weighted by atomic mass is 10.1. The van der Waals surface area contributed by atoms with Gasteiger partial charge in [0.1, 0.15) is 12.2 Å². The Hall–Kier alpha value is -2.57. The van der Waals surface area contributed by atoms with Crippen molar-refractivity contribution < 1.29 is 23.9 Å². The second kappa shape index (κ2) is 6.39. The van der Waals surface area contributed by atoms with Crippen molar-refractivity contribution >= 4 is 11.7 Å². The molecule has 7 heteroatoms. The molecule has 0 aromatic heterocycles. The van der Waals surface area contributed by atoms with Crippen molar-refractivity contribution in [3.63, 3.8) is 0 Å². The van der Waals surface area contributed by atoms with E-state index in [0.717, 1.165) is 13.2 Å². The number of nitrogens with zero attached hydrogens (tertiary/aromatic N) is 1. The van der Waals surface area contributed by atoms with Crippen molar-refractivity contribution in [2.24, 2.45) is 0 Å². The van der Waals surface area contributed by atoms with E-state index in [1.54, 1.807) is 0 Å². The Morgan fingerprint density at radius 3 is 2.58 bits per heavy atom. The minimum Gasteiger partial charge on any atom is -0.493 e. The lowest BCUT2D eigenvalue weighted by Crippen LogP contribution is -2.07. The van der Waals surface area contributed by atoms with Gasteiger partial charge in [-0.25, -0.2) is 4.79 Å². The van der Waals surface area contributed by atoms with Crippen molar-refractivity contribution in [3.05, 3.63) is 40.5 Å². The first-order valence-electron chi connectivity index (χ1n) is 5.23. The van der Waals surface area contributed by atoms with Crippen LogP contribution in [0.4, 0.5) is 5.69 Å². The lowest BCUT2D eigenvalue weighted by molar-refractivity contribution is -0.385. The first kappa shape index (κ1) is 14.5. The molecule has 0 radical (unpaired) electrons. The van der Waals surface area contributed by atoms with Crippen molar-refractivity contribution in [1.29, 1.82) is 0 Å². The molecule has 0 N–H and O–H groups in total. The van der Waals surface area contributed by atoms with E-state index in [1.807, 2.05) is 0 Å². The molecule has 1 rings (SSSR count). The van der Waals surface area contributed by atoms with E-state index in [9.17, 15) is 14.9 Å². The van der Waals surface area contributed by atoms with Gasteiger partial charge in [-0.15, -0.1) is 0 Å². The second-order valence-electron chi connectivity index (χ2n) is 3.37. The fourth-order valence-corrected chi connectivity index (χ4v) is 1.39. The molecular formula is C12H13NO6. The summed E-state index contributed by atoms with van der Waals surface area (Å²) in [6.07, 6.45) is 1.49. The van der Waals surface area contributed by atoms with Gasteiger partial charge in [-0.2, -0.15) is 0 Å². The average Bonchev–Trinajstić information content (AvgIpc) is 2.42. The zero-order chi connectivity index (χ0) is 14.4. The summed E-state index contributed by atoms with van der Waals surface area (Å²) >= 11 is 0. The van der Waals surface area contributed by atoms with Crippen molar-refractivity contribution in [3.8, 4) is 11.5 Å². The van der Waals surface area contributed by atoms with Crippen LogP contribution in [0.1, 0.15) is 10.4 Å². The average molecular weight is 267 g/mol. The van der Waals surface area contributed by atoms with Crippen LogP contribution in [0.2, 0.25) is 0 Å². The minimum absolute atomic E-state index is 0.154. The van der Waals surface area contributed by atoms with E-state index in [4.69, 9.17) is 9.47 Å². The topological polar surface area (TPSA) is 87.9 Å². The largest absolute Gasteiger partial charge is 0.493 e. The molecule has 0 unspecified atom stereocenters. The highest BCUT2D eigenvalue weighted by molar-refractivity contribution is 5.94. The van der Waals surface area contributed by atoms with Crippen LogP contribution >= 0.6 is 0 Å². The molecule has 7 nitrogen and oxygen atoms in total. The van der Waals surface area contributed by atoms with Crippen molar-refractivity contribution in [2.45, 2.75) is 0 Å². The van der Waals surface area contributed by atoms with Gasteiger partial charge in [0, 0.05) is 6.07 Å². The Balaban J connectivity index is 3.36. The first-order valence-corrected chi connectivity index (χ1v) is 5.23. The number of nitro groups is 1. The predicted molar refractivity (Wildman–Crippen MR) is 66.7 cm³/mol. The molecule has 0 saturated heterocycles. The zero-order valence-electron chi connectivity index (χ0n) is 10.5. The lowest BCUT2D eigenvalue weighted by Gasteiger charge is -2.10. The number of methoxy groups -OCH3 is 2. The molecule has 102 valence electrons. The van der Waals surface area contributed by atoms with Crippen LogP contribution in [0, 0.1) is 10.1 Å². The highest BCUT2D eigenvalue weighted by Crippen LogP contribution is 2.35. The normalized spacial score (nSPS) is 9.58. The Bertz CT molecular complexity index is 511. The summed E-state index contributed by atoms with van der Waals surface area (Å²) in [6, 6.07) is 2.33. The number of carbonyl (C=O) groups excluding carboxylic acids is 1. The number of ether oxygens (including phenoxy) is 3. The second-order valence-corrected chi connectivity index (χ2v) is 3.37. The summed E-state index contributed by atoms with van der Waals surface area (Å²) in [6.45, 7) is 3.63. The summed E-state index contributed by atoms with van der Waals surface area (Å²) in [5.41, 5.74) is -0.609. The molecule has 0 heterocycles. The van der Waals surface area contributed by atoms with E-state index in [2.05, 4.69) is 11.3 Å². The smallest absolute Gasteiger partial charge is 0.345 e. The van der Waals surface area contributed by atoms with Crippen LogP contribution in [0.3, 0.4) is 0 Å². The van der Waals surface area contributed by atoms with Crippen LogP contribution in [0.25, 0.3) is 0 Å². The van der Waals surface area contributed by atoms with Gasteiger partial charge in [0.05, 0.1) is 25.2 Å². The molecule has 0 aliphatic heterocycles. The molecule has 0 aliphatic rings. The fourth-order valence-electron chi connectivity index (χ4n) is 1.39. The van der Waals surface area contributed by atoms with Crippen LogP contribution in [0.15, 0.2) is 24.8 Å². The van der Waals surface area contributed by atoms with Crippen LogP contribution in [-0.2, 0) is 4.74 Å². The first-order chi connectivity index (χ1) is 9.04. The van der Waals surface area contributed by atoms with E-state index in [0.29, 0.717) is 0 Å². The molecule has 1 aromatic rings. The third-order valence-electron chi connectivity index (χ3n) is 2.24. The van der Waals surface area contributed by atoms with Gasteiger partial charge in [-0.05, 0) is 0 Å². The van der Waals surface area contributed by atoms with E-state index in [-0.39, 0.29) is 23.7 Å². The Kier molecular flexibility index (Phi) is 4.87. The van der Waals surface area contributed by atoms with Gasteiger partial charge in [0.25, 0.3) is 5.69 Å². The summed E-state index contributed by atoms with van der Waals surface area (Å²) in [4.78, 5) is 21.8. The molecule has 0 aliphatic carbocycles. The van der Waals surface area contributed by atoms with Crippen molar-refractivity contribution in [1.82, 2.24) is 0 Å². The minimum atomic E-state index is -0.819. The number of hydrogen-bond acceptors (Lipinski definition) is 6. The Morgan fingerprint density at radius 1 is 1.42 bits per heavy atom. The maximum Gasteiger partial charge on any atom is 0.345 e. The number of benzene rings is 1. The summed E-state index contributed by atoms with van der Waals surface area (Å²) in [5, 5.41) is 10.9. The molecule has 0 amide bonds. The quantitative estimate of drug-likeness (QED) is 0.339. The Morgan fingerprint density at radius 2 is 2.11 bits per heavy atom. The summed E-state index contributed by atoms with van der Waals surface area (Å²) in [7, 11) is 2.50. The number of nitro benzene ring substituents is 1. The number of rotatable bonds is 6. The van der Waals surface area contributed by atoms with Crippen molar-refractivity contribution in [2.75, 3.05) is 20.8 Å². The van der Waals surface area contributed by atoms with E-state index < -0.39 is 16.6 Å². The fraction of sp³-hybridized carbons (Fsp3) is 0.250. The third-order valence-corrected chi connectivity index (χ3v) is 2.24. The maximum absolute atomic E-state index is 11.5.